The lowest BCUT2D eigenvalue weighted by Gasteiger charge is -2.66. The molecule has 4 aliphatic rings. The highest BCUT2D eigenvalue weighted by molar-refractivity contribution is 5.90. The molecule has 68 heavy (non-hydrogen) atoms. The van der Waals surface area contributed by atoms with Gasteiger partial charge in [-0.2, -0.15) is 0 Å². The van der Waals surface area contributed by atoms with E-state index in [1.807, 2.05) is 128 Å². The zero-order valence-corrected chi connectivity index (χ0v) is 38.3. The second-order valence-corrected chi connectivity index (χ2v) is 18.5. The topological polar surface area (TPSA) is 161 Å². The summed E-state index contributed by atoms with van der Waals surface area (Å²) in [7, 11) is 0. The van der Waals surface area contributed by atoms with Gasteiger partial charge in [0, 0.05) is 60.8 Å². The van der Waals surface area contributed by atoms with E-state index in [0.717, 1.165) is 16.7 Å². The Balaban J connectivity index is 1.20. The molecule has 4 aromatic carbocycles. The molecule has 2 aliphatic heterocycles. The number of ketones is 1. The number of benzene rings is 4. The molecule has 2 saturated heterocycles. The van der Waals surface area contributed by atoms with Crippen LogP contribution >= 0.6 is 0 Å². The predicted octanol–water partition coefficient (Wildman–Crippen LogP) is 8.40. The van der Waals surface area contributed by atoms with E-state index in [-0.39, 0.29) is 31.7 Å². The molecule has 2 heterocycles. The lowest BCUT2D eigenvalue weighted by molar-refractivity contribution is -0.297. The van der Waals surface area contributed by atoms with Crippen LogP contribution in [0.25, 0.3) is 24.3 Å². The maximum absolute atomic E-state index is 15.0. The van der Waals surface area contributed by atoms with Crippen LogP contribution in [-0.4, -0.2) is 83.8 Å². The van der Waals surface area contributed by atoms with Gasteiger partial charge in [0.15, 0.2) is 11.9 Å². The first-order chi connectivity index (χ1) is 32.7. The minimum atomic E-state index is -2.06. The van der Waals surface area contributed by atoms with Crippen molar-refractivity contribution in [2.75, 3.05) is 13.2 Å². The summed E-state index contributed by atoms with van der Waals surface area (Å²) in [6.07, 6.45) is 6.82. The van der Waals surface area contributed by atoms with Gasteiger partial charge in [0.25, 0.3) is 0 Å². The van der Waals surface area contributed by atoms with Crippen LogP contribution in [-0.2, 0) is 52.4 Å². The molecule has 12 heteroatoms. The van der Waals surface area contributed by atoms with Gasteiger partial charge in [0.2, 0.25) is 0 Å². The van der Waals surface area contributed by atoms with E-state index < -0.39 is 89.0 Å². The fraction of sp³-hybridized carbons (Fsp3) is 0.339. The van der Waals surface area contributed by atoms with Gasteiger partial charge in [0.05, 0.1) is 18.1 Å². The first-order valence-corrected chi connectivity index (χ1v) is 23.0. The Hall–Kier alpha value is -6.73. The Labute approximate surface area is 396 Å². The van der Waals surface area contributed by atoms with E-state index in [4.69, 9.17) is 28.4 Å². The van der Waals surface area contributed by atoms with E-state index in [1.165, 1.54) is 24.3 Å². The monoisotopic (exact) mass is 920 g/mol. The van der Waals surface area contributed by atoms with E-state index in [0.29, 0.717) is 12.0 Å². The van der Waals surface area contributed by atoms with Gasteiger partial charge in [-0.05, 0) is 53.0 Å². The number of fused-ring (bicyclic) bond motifs is 2. The van der Waals surface area contributed by atoms with Crippen LogP contribution in [0.15, 0.2) is 146 Å². The average molecular weight is 921 g/mol. The number of aliphatic hydroxyl groups is 1. The summed E-state index contributed by atoms with van der Waals surface area (Å²) in [6.45, 7) is 4.90. The van der Waals surface area contributed by atoms with Gasteiger partial charge in [0.1, 0.15) is 30.2 Å². The number of rotatable bonds is 14. The van der Waals surface area contributed by atoms with Crippen LogP contribution < -0.4 is 0 Å². The van der Waals surface area contributed by atoms with Crippen molar-refractivity contribution in [3.05, 3.63) is 168 Å². The maximum atomic E-state index is 15.0. The zero-order valence-electron chi connectivity index (χ0n) is 38.3. The molecule has 4 aromatic rings. The normalized spacial score (nSPS) is 31.1. The number of ether oxygens (including phenoxy) is 6. The summed E-state index contributed by atoms with van der Waals surface area (Å²) in [5.74, 6) is -5.25. The Morgan fingerprint density at radius 2 is 1.13 bits per heavy atom. The van der Waals surface area contributed by atoms with Crippen molar-refractivity contribution in [1.29, 1.82) is 0 Å². The first kappa shape index (κ1) is 47.8. The third kappa shape index (κ3) is 9.80. The van der Waals surface area contributed by atoms with Crippen molar-refractivity contribution in [3.8, 4) is 0 Å². The fourth-order valence-electron chi connectivity index (χ4n) is 10.8. The second kappa shape index (κ2) is 20.2. The molecule has 0 amide bonds. The van der Waals surface area contributed by atoms with Crippen LogP contribution in [0.3, 0.4) is 0 Å². The van der Waals surface area contributed by atoms with Gasteiger partial charge in [-0.3, -0.25) is 4.79 Å². The average Bonchev–Trinajstić information content (AvgIpc) is 3.91. The lowest BCUT2D eigenvalue weighted by atomic mass is 9.40. The molecule has 2 saturated carbocycles. The molecule has 0 bridgehead atoms. The fourth-order valence-corrected chi connectivity index (χ4v) is 10.8. The van der Waals surface area contributed by atoms with Crippen LogP contribution in [0.1, 0.15) is 68.7 Å². The maximum Gasteiger partial charge on any atom is 0.331 e. The summed E-state index contributed by atoms with van der Waals surface area (Å²) in [6, 6.07) is 36.7. The van der Waals surface area contributed by atoms with Gasteiger partial charge >= 0.3 is 23.9 Å². The smallest absolute Gasteiger partial charge is 0.331 e. The van der Waals surface area contributed by atoms with Crippen molar-refractivity contribution in [2.45, 2.75) is 82.3 Å². The van der Waals surface area contributed by atoms with Crippen molar-refractivity contribution in [1.82, 2.24) is 0 Å². The summed E-state index contributed by atoms with van der Waals surface area (Å²) >= 11 is 0. The van der Waals surface area contributed by atoms with Gasteiger partial charge in [-0.15, -0.1) is 0 Å². The van der Waals surface area contributed by atoms with Crippen LogP contribution in [0.4, 0.5) is 0 Å². The molecular formula is C56H56O12. The van der Waals surface area contributed by atoms with Crippen molar-refractivity contribution < 1.29 is 57.5 Å². The molecule has 12 nitrogen and oxygen atoms in total. The number of hydrogen-bond acceptors (Lipinski definition) is 12. The highest BCUT2D eigenvalue weighted by atomic mass is 16.7. The Bertz CT molecular complexity index is 2570. The molecule has 1 N–H and O–H groups in total. The minimum Gasteiger partial charge on any atom is -0.459 e. The van der Waals surface area contributed by atoms with E-state index in [2.05, 4.69) is 0 Å². The van der Waals surface area contributed by atoms with Gasteiger partial charge in [-0.25, -0.2) is 19.2 Å². The molecule has 0 aromatic heterocycles. The predicted molar refractivity (Wildman–Crippen MR) is 253 cm³/mol. The molecule has 352 valence electrons. The second-order valence-electron chi connectivity index (χ2n) is 18.5. The third-order valence-corrected chi connectivity index (χ3v) is 14.5. The number of hydrogen-bond donors (Lipinski definition) is 1. The van der Waals surface area contributed by atoms with E-state index >= 15 is 4.79 Å². The van der Waals surface area contributed by atoms with Gasteiger partial charge < -0.3 is 33.5 Å². The molecule has 0 unspecified atom stereocenters. The molecule has 2 aliphatic carbocycles. The molecule has 0 radical (unpaired) electrons. The molecule has 8 rings (SSSR count). The van der Waals surface area contributed by atoms with Crippen molar-refractivity contribution >= 4 is 54.0 Å². The number of esters is 4. The SMILES string of the molecule is C[C@@H]1[C@@H](OC(=O)/C=C/c2ccccc2)[C@H](OC(=O)/C=C/c2ccccc2)[C@]2(C)[C@H](C(=O)CC[C@]2(O)COC(=O)/C=C/c2ccccc2)[C@@]1(C)[C@@H]1C[C@]2(OC(=O)/C=C/c3ccccc3)CCO[C@H]2O1. The molecule has 0 spiro atoms. The van der Waals surface area contributed by atoms with Gasteiger partial charge in [-0.1, -0.05) is 142 Å². The number of carbonyl (C=O) groups is 5. The summed E-state index contributed by atoms with van der Waals surface area (Å²) in [5, 5.41) is 13.3. The molecular weight excluding hydrogens is 865 g/mol. The van der Waals surface area contributed by atoms with Crippen molar-refractivity contribution in [2.24, 2.45) is 22.7 Å². The van der Waals surface area contributed by atoms with Crippen LogP contribution in [0.2, 0.25) is 0 Å². The first-order valence-electron chi connectivity index (χ1n) is 23.0. The Morgan fingerprint density at radius 3 is 1.65 bits per heavy atom. The molecule has 10 atom stereocenters. The Kier molecular flexibility index (Phi) is 14.2. The standard InChI is InChI=1S/C56H56O12/c1-38-49(66-46(59)29-25-40-18-10-5-11-19-40)51(67-47(60)30-26-41-20-12-6-13-21-41)54(3)50(43(57)32-33-56(54,62)37-64-45(58)28-24-39-16-8-4-9-17-39)53(38,2)44-36-55(34-35-63-52(55)65-44)68-48(61)31-27-42-22-14-7-15-23-42/h4-31,38,44,49-52,62H,32-37H2,1-3H3/b28-24+,29-25+,30-26+,31-27+/t38-,44+,49-,50-,51+,52+,53-,54+,55-,56+/m1/s1. The Morgan fingerprint density at radius 1 is 0.662 bits per heavy atom. The quantitative estimate of drug-likeness (QED) is 0.0732. The summed E-state index contributed by atoms with van der Waals surface area (Å²) in [4.78, 5) is 70.2. The van der Waals surface area contributed by atoms with Crippen LogP contribution in [0.5, 0.6) is 0 Å². The highest BCUT2D eigenvalue weighted by Gasteiger charge is 2.76. The summed E-state index contributed by atoms with van der Waals surface area (Å²) in [5.41, 5.74) is -3.49. The van der Waals surface area contributed by atoms with Crippen LogP contribution in [0, 0.1) is 22.7 Å². The van der Waals surface area contributed by atoms with Crippen molar-refractivity contribution in [3.63, 3.8) is 0 Å². The largest absolute Gasteiger partial charge is 0.459 e. The zero-order chi connectivity index (χ0) is 47.9. The number of Topliss-reactive ketones (excluding diaryl/α,β-unsaturated/α-hetero) is 1. The molecule has 4 fully saturated rings. The summed E-state index contributed by atoms with van der Waals surface area (Å²) < 4.78 is 37.8. The minimum absolute atomic E-state index is 0.0832. The van der Waals surface area contributed by atoms with E-state index in [1.54, 1.807) is 38.2 Å². The van der Waals surface area contributed by atoms with E-state index in [9.17, 15) is 24.3 Å². The highest BCUT2D eigenvalue weighted by Crippen LogP contribution is 2.66. The lowest BCUT2D eigenvalue weighted by Crippen LogP contribution is -2.76. The number of carbonyl (C=O) groups excluding carboxylic acids is 5. The third-order valence-electron chi connectivity index (χ3n) is 14.5.